The highest BCUT2D eigenvalue weighted by Crippen LogP contribution is 2.43. The Kier molecular flexibility index (Phi) is 7.85. The number of esters is 1. The second-order valence-corrected chi connectivity index (χ2v) is 11.9. The molecule has 3 aromatic carbocycles. The van der Waals surface area contributed by atoms with Gasteiger partial charge in [-0.15, -0.1) is 0 Å². The van der Waals surface area contributed by atoms with Crippen LogP contribution in [0.5, 0.6) is 11.5 Å². The van der Waals surface area contributed by atoms with Crippen LogP contribution in [0, 0.1) is 5.41 Å². The van der Waals surface area contributed by atoms with E-state index in [0.717, 1.165) is 72.3 Å². The van der Waals surface area contributed by atoms with Crippen LogP contribution < -0.4 is 14.8 Å². The maximum atomic E-state index is 12.5. The Bertz CT molecular complexity index is 1370. The Hall–Kier alpha value is -2.79. The number of rotatable bonds is 5. The summed E-state index contributed by atoms with van der Waals surface area (Å²) in [5.41, 5.74) is 6.08. The molecule has 1 heterocycles. The highest BCUT2D eigenvalue weighted by atomic mass is 35.5. The quantitative estimate of drug-likeness (QED) is 0.259. The number of nitrogens with one attached hydrogen (secondary N) is 1. The molecule has 198 valence electrons. The van der Waals surface area contributed by atoms with Crippen molar-refractivity contribution in [3.63, 3.8) is 0 Å². The first-order chi connectivity index (χ1) is 18.2. The number of carbonyl (C=O) groups is 1. The number of allylic oxidation sites excluding steroid dienone is 1. The fourth-order valence-corrected chi connectivity index (χ4v) is 5.56. The molecule has 1 N–H and O–H groups in total. The van der Waals surface area contributed by atoms with Crippen molar-refractivity contribution in [2.45, 2.75) is 52.6 Å². The normalized spacial score (nSPS) is 17.7. The minimum absolute atomic E-state index is 0.205. The SMILES string of the molecule is CC(C)(C)C(=O)Oc1ccc2c(c1)CCCC(c1ccc(Cl)cc1Cl)=C2c1ccc(O[C@H]2CCNC2)cc1. The largest absolute Gasteiger partial charge is 0.489 e. The molecular formula is C32H33Cl2NO3. The molecule has 0 aromatic heterocycles. The molecule has 1 saturated heterocycles. The van der Waals surface area contributed by atoms with Crippen molar-refractivity contribution < 1.29 is 14.3 Å². The van der Waals surface area contributed by atoms with Crippen LogP contribution in [0.4, 0.5) is 0 Å². The Morgan fingerprint density at radius 3 is 2.34 bits per heavy atom. The van der Waals surface area contributed by atoms with Gasteiger partial charge in [-0.1, -0.05) is 47.5 Å². The first kappa shape index (κ1) is 26.8. The molecule has 1 aliphatic carbocycles. The van der Waals surface area contributed by atoms with Crippen LogP contribution in [-0.4, -0.2) is 25.2 Å². The summed E-state index contributed by atoms with van der Waals surface area (Å²) in [7, 11) is 0. The fraction of sp³-hybridized carbons (Fsp3) is 0.344. The summed E-state index contributed by atoms with van der Waals surface area (Å²) in [4.78, 5) is 12.5. The molecule has 1 aliphatic heterocycles. The van der Waals surface area contributed by atoms with Crippen LogP contribution in [0.15, 0.2) is 60.7 Å². The summed E-state index contributed by atoms with van der Waals surface area (Å²) in [5, 5.41) is 4.60. The summed E-state index contributed by atoms with van der Waals surface area (Å²) < 4.78 is 11.9. The topological polar surface area (TPSA) is 47.6 Å². The van der Waals surface area contributed by atoms with Crippen LogP contribution in [0.1, 0.15) is 62.3 Å². The fourth-order valence-electron chi connectivity index (χ4n) is 5.04. The number of halogens is 2. The zero-order valence-electron chi connectivity index (χ0n) is 22.1. The minimum atomic E-state index is -0.575. The van der Waals surface area contributed by atoms with Gasteiger partial charge in [0.1, 0.15) is 17.6 Å². The van der Waals surface area contributed by atoms with E-state index >= 15 is 0 Å². The average Bonchev–Trinajstić information content (AvgIpc) is 3.31. The smallest absolute Gasteiger partial charge is 0.316 e. The number of ether oxygens (including phenoxy) is 2. The molecule has 4 nitrogen and oxygen atoms in total. The van der Waals surface area contributed by atoms with E-state index in [0.29, 0.717) is 15.8 Å². The molecule has 1 fully saturated rings. The summed E-state index contributed by atoms with van der Waals surface area (Å²) in [6.07, 6.45) is 3.88. The van der Waals surface area contributed by atoms with Crippen molar-refractivity contribution in [1.29, 1.82) is 0 Å². The van der Waals surface area contributed by atoms with Crippen molar-refractivity contribution in [3.8, 4) is 11.5 Å². The molecule has 0 saturated carbocycles. The van der Waals surface area contributed by atoms with Gasteiger partial charge in [-0.2, -0.15) is 0 Å². The summed E-state index contributed by atoms with van der Waals surface area (Å²) in [6, 6.07) is 20.0. The van der Waals surface area contributed by atoms with Crippen LogP contribution in [0.3, 0.4) is 0 Å². The summed E-state index contributed by atoms with van der Waals surface area (Å²) in [5.74, 6) is 1.20. The highest BCUT2D eigenvalue weighted by molar-refractivity contribution is 6.36. The second kappa shape index (κ2) is 11.1. The van der Waals surface area contributed by atoms with E-state index in [1.807, 2.05) is 57.2 Å². The molecule has 1 atom stereocenters. The third-order valence-corrected chi connectivity index (χ3v) is 7.61. The molecule has 2 aliphatic rings. The molecular weight excluding hydrogens is 517 g/mol. The average molecular weight is 551 g/mol. The molecule has 5 rings (SSSR count). The van der Waals surface area contributed by atoms with Crippen molar-refractivity contribution in [2.24, 2.45) is 5.41 Å². The van der Waals surface area contributed by atoms with Crippen molar-refractivity contribution >= 4 is 40.3 Å². The first-order valence-corrected chi connectivity index (χ1v) is 14.0. The molecule has 0 spiro atoms. The molecule has 0 radical (unpaired) electrons. The van der Waals surface area contributed by atoms with E-state index in [-0.39, 0.29) is 12.1 Å². The van der Waals surface area contributed by atoms with E-state index < -0.39 is 5.41 Å². The number of fused-ring (bicyclic) bond motifs is 1. The molecule has 0 amide bonds. The van der Waals surface area contributed by atoms with Gasteiger partial charge in [-0.05, 0) is 123 Å². The lowest BCUT2D eigenvalue weighted by Crippen LogP contribution is -2.25. The Morgan fingerprint density at radius 1 is 0.921 bits per heavy atom. The van der Waals surface area contributed by atoms with Gasteiger partial charge in [0.15, 0.2) is 0 Å². The number of carbonyl (C=O) groups excluding carboxylic acids is 1. The zero-order chi connectivity index (χ0) is 26.9. The van der Waals surface area contributed by atoms with Gasteiger partial charge in [-0.3, -0.25) is 4.79 Å². The molecule has 0 bridgehead atoms. The Balaban J connectivity index is 1.59. The zero-order valence-corrected chi connectivity index (χ0v) is 23.6. The van der Waals surface area contributed by atoms with Crippen LogP contribution in [-0.2, 0) is 11.2 Å². The third-order valence-electron chi connectivity index (χ3n) is 7.06. The van der Waals surface area contributed by atoms with E-state index in [1.165, 1.54) is 5.57 Å². The van der Waals surface area contributed by atoms with Gasteiger partial charge >= 0.3 is 5.97 Å². The first-order valence-electron chi connectivity index (χ1n) is 13.2. The predicted octanol–water partition coefficient (Wildman–Crippen LogP) is 7.98. The lowest BCUT2D eigenvalue weighted by Gasteiger charge is -2.20. The molecule has 6 heteroatoms. The number of hydrogen-bond donors (Lipinski definition) is 1. The summed E-state index contributed by atoms with van der Waals surface area (Å²) >= 11 is 13.0. The lowest BCUT2D eigenvalue weighted by atomic mass is 9.87. The summed E-state index contributed by atoms with van der Waals surface area (Å²) in [6.45, 7) is 7.45. The van der Waals surface area contributed by atoms with Gasteiger partial charge in [0.25, 0.3) is 0 Å². The Morgan fingerprint density at radius 2 is 1.66 bits per heavy atom. The van der Waals surface area contributed by atoms with E-state index in [1.54, 1.807) is 6.07 Å². The maximum absolute atomic E-state index is 12.5. The van der Waals surface area contributed by atoms with E-state index in [2.05, 4.69) is 23.5 Å². The molecule has 38 heavy (non-hydrogen) atoms. The van der Waals surface area contributed by atoms with Crippen LogP contribution >= 0.6 is 23.2 Å². The predicted molar refractivity (Wildman–Crippen MR) is 155 cm³/mol. The maximum Gasteiger partial charge on any atom is 0.316 e. The van der Waals surface area contributed by atoms with E-state index in [4.69, 9.17) is 32.7 Å². The van der Waals surface area contributed by atoms with E-state index in [9.17, 15) is 4.79 Å². The highest BCUT2D eigenvalue weighted by Gasteiger charge is 2.26. The van der Waals surface area contributed by atoms with Gasteiger partial charge in [-0.25, -0.2) is 0 Å². The van der Waals surface area contributed by atoms with Crippen molar-refractivity contribution in [3.05, 3.63) is 93.0 Å². The third kappa shape index (κ3) is 5.93. The minimum Gasteiger partial charge on any atom is -0.489 e. The van der Waals surface area contributed by atoms with Crippen LogP contribution in [0.25, 0.3) is 11.1 Å². The molecule has 3 aromatic rings. The van der Waals surface area contributed by atoms with Crippen molar-refractivity contribution in [1.82, 2.24) is 5.32 Å². The van der Waals surface area contributed by atoms with Crippen LogP contribution in [0.2, 0.25) is 10.0 Å². The van der Waals surface area contributed by atoms with Crippen molar-refractivity contribution in [2.75, 3.05) is 13.1 Å². The van der Waals surface area contributed by atoms with Gasteiger partial charge in [0, 0.05) is 16.6 Å². The van der Waals surface area contributed by atoms with Gasteiger partial charge in [0.05, 0.1) is 5.41 Å². The number of benzene rings is 3. The lowest BCUT2D eigenvalue weighted by molar-refractivity contribution is -0.143. The standard InChI is InChI=1S/C32H33Cl2NO3/c1-32(2,3)31(36)38-24-12-14-26-21(17-24)5-4-6-28(27-13-9-22(33)18-29(27)34)30(26)20-7-10-23(11-8-20)37-25-15-16-35-19-25/h7-14,17-18,25,35H,4-6,15-16,19H2,1-3H3/t25-/m0/s1. The second-order valence-electron chi connectivity index (χ2n) is 11.0. The Labute approximate surface area is 234 Å². The molecule has 0 unspecified atom stereocenters. The number of aryl methyl sites for hydroxylation is 1. The van der Waals surface area contributed by atoms with Gasteiger partial charge < -0.3 is 14.8 Å². The number of hydrogen-bond acceptors (Lipinski definition) is 4. The van der Waals surface area contributed by atoms with Gasteiger partial charge in [0.2, 0.25) is 0 Å². The monoisotopic (exact) mass is 549 g/mol.